The van der Waals surface area contributed by atoms with Crippen molar-refractivity contribution in [2.45, 2.75) is 32.1 Å². The number of amides is 1. The first kappa shape index (κ1) is 17.9. The molecule has 0 aromatic carbocycles. The maximum atomic E-state index is 12.3. The molecule has 1 atom stereocenters. The molecular formula is C18H28N4O3. The van der Waals surface area contributed by atoms with Crippen molar-refractivity contribution >= 4 is 11.9 Å². The third-order valence-corrected chi connectivity index (χ3v) is 5.32. The zero-order chi connectivity index (χ0) is 17.7. The smallest absolute Gasteiger partial charge is 0.225 e. The predicted octanol–water partition coefficient (Wildman–Crippen LogP) is 1.73. The van der Waals surface area contributed by atoms with Crippen LogP contribution in [0.5, 0.6) is 5.75 Å². The van der Waals surface area contributed by atoms with Crippen LogP contribution in [0.4, 0.5) is 5.95 Å². The Kier molecular flexibility index (Phi) is 5.73. The summed E-state index contributed by atoms with van der Waals surface area (Å²) in [5.41, 5.74) is 0.155. The van der Waals surface area contributed by atoms with E-state index in [1.807, 2.05) is 4.90 Å². The van der Waals surface area contributed by atoms with Crippen LogP contribution in [-0.4, -0.2) is 67.8 Å². The van der Waals surface area contributed by atoms with E-state index < -0.39 is 0 Å². The van der Waals surface area contributed by atoms with E-state index >= 15 is 0 Å². The molecule has 2 aliphatic heterocycles. The number of rotatable bonds is 6. The largest absolute Gasteiger partial charge is 0.494 e. The van der Waals surface area contributed by atoms with E-state index in [0.29, 0.717) is 18.8 Å². The Bertz CT molecular complexity index is 580. The molecule has 0 aliphatic carbocycles. The van der Waals surface area contributed by atoms with Crippen LogP contribution in [0.15, 0.2) is 12.4 Å². The van der Waals surface area contributed by atoms with Gasteiger partial charge in [0, 0.05) is 51.7 Å². The second-order valence-electron chi connectivity index (χ2n) is 7.11. The molecule has 1 aromatic heterocycles. The van der Waals surface area contributed by atoms with Crippen molar-refractivity contribution in [2.24, 2.45) is 5.41 Å². The van der Waals surface area contributed by atoms with Crippen molar-refractivity contribution in [1.29, 1.82) is 0 Å². The van der Waals surface area contributed by atoms with E-state index in [-0.39, 0.29) is 11.3 Å². The highest BCUT2D eigenvalue weighted by atomic mass is 16.5. The third-order valence-electron chi connectivity index (χ3n) is 5.32. The van der Waals surface area contributed by atoms with Gasteiger partial charge in [-0.3, -0.25) is 4.79 Å². The molecule has 7 heteroatoms. The van der Waals surface area contributed by atoms with Crippen molar-refractivity contribution in [2.75, 3.05) is 51.9 Å². The number of hydrogen-bond donors (Lipinski definition) is 0. The molecule has 0 unspecified atom stereocenters. The van der Waals surface area contributed by atoms with Gasteiger partial charge in [-0.05, 0) is 25.7 Å². The van der Waals surface area contributed by atoms with Crippen molar-refractivity contribution in [3.8, 4) is 5.75 Å². The Labute approximate surface area is 149 Å². The van der Waals surface area contributed by atoms with Gasteiger partial charge in [0.25, 0.3) is 0 Å². The molecule has 1 spiro atoms. The van der Waals surface area contributed by atoms with Crippen molar-refractivity contribution in [1.82, 2.24) is 14.9 Å². The average Bonchev–Trinajstić information content (AvgIpc) is 2.65. The lowest BCUT2D eigenvalue weighted by molar-refractivity contribution is -0.138. The van der Waals surface area contributed by atoms with Gasteiger partial charge in [0.2, 0.25) is 11.9 Å². The molecule has 138 valence electrons. The molecule has 3 rings (SSSR count). The Morgan fingerprint density at radius 3 is 2.72 bits per heavy atom. The van der Waals surface area contributed by atoms with Crippen LogP contribution in [0.3, 0.4) is 0 Å². The summed E-state index contributed by atoms with van der Waals surface area (Å²) < 4.78 is 10.3. The minimum Gasteiger partial charge on any atom is -0.494 e. The molecule has 1 amide bonds. The lowest BCUT2D eigenvalue weighted by atomic mass is 9.73. The first-order valence-electron chi connectivity index (χ1n) is 9.03. The minimum atomic E-state index is 0.155. The molecular weight excluding hydrogens is 320 g/mol. The number of piperidine rings is 2. The Balaban J connectivity index is 1.67. The summed E-state index contributed by atoms with van der Waals surface area (Å²) in [6.45, 7) is 4.19. The normalized spacial score (nSPS) is 24.0. The van der Waals surface area contributed by atoms with E-state index in [9.17, 15) is 4.79 Å². The Morgan fingerprint density at radius 2 is 2.00 bits per heavy atom. The van der Waals surface area contributed by atoms with Crippen molar-refractivity contribution in [3.63, 3.8) is 0 Å². The lowest BCUT2D eigenvalue weighted by Gasteiger charge is -2.48. The van der Waals surface area contributed by atoms with Crippen LogP contribution in [0.25, 0.3) is 0 Å². The predicted molar refractivity (Wildman–Crippen MR) is 94.8 cm³/mol. The molecule has 1 aromatic rings. The Morgan fingerprint density at radius 1 is 1.20 bits per heavy atom. The third kappa shape index (κ3) is 4.21. The second kappa shape index (κ2) is 7.99. The number of nitrogens with zero attached hydrogens (tertiary/aromatic N) is 4. The molecule has 3 heterocycles. The highest BCUT2D eigenvalue weighted by molar-refractivity contribution is 5.77. The number of ether oxygens (including phenoxy) is 2. The maximum Gasteiger partial charge on any atom is 0.225 e. The first-order chi connectivity index (χ1) is 12.2. The second-order valence-corrected chi connectivity index (χ2v) is 7.11. The van der Waals surface area contributed by atoms with Gasteiger partial charge < -0.3 is 19.3 Å². The van der Waals surface area contributed by atoms with Gasteiger partial charge >= 0.3 is 0 Å². The zero-order valence-electron chi connectivity index (χ0n) is 15.2. The van der Waals surface area contributed by atoms with Gasteiger partial charge in [-0.1, -0.05) is 0 Å². The number of likely N-dealkylation sites (tertiary alicyclic amines) is 1. The van der Waals surface area contributed by atoms with Gasteiger partial charge in [-0.25, -0.2) is 9.97 Å². The van der Waals surface area contributed by atoms with Crippen LogP contribution in [0, 0.1) is 5.41 Å². The number of carbonyl (C=O) groups is 1. The molecule has 0 N–H and O–H groups in total. The molecule has 0 saturated carbocycles. The van der Waals surface area contributed by atoms with Gasteiger partial charge in [-0.2, -0.15) is 0 Å². The molecule has 25 heavy (non-hydrogen) atoms. The van der Waals surface area contributed by atoms with E-state index in [4.69, 9.17) is 9.47 Å². The summed E-state index contributed by atoms with van der Waals surface area (Å²) in [6.07, 6.45) is 8.19. The summed E-state index contributed by atoms with van der Waals surface area (Å²) in [5, 5.41) is 0. The molecule has 2 aliphatic rings. The number of carbonyl (C=O) groups excluding carboxylic acids is 1. The van der Waals surface area contributed by atoms with Gasteiger partial charge in [0.15, 0.2) is 5.75 Å². The number of methoxy groups -OCH3 is 2. The molecule has 7 nitrogen and oxygen atoms in total. The first-order valence-corrected chi connectivity index (χ1v) is 9.03. The quantitative estimate of drug-likeness (QED) is 0.730. The number of aromatic nitrogens is 2. The molecule has 0 radical (unpaired) electrons. The summed E-state index contributed by atoms with van der Waals surface area (Å²) >= 11 is 0. The van der Waals surface area contributed by atoms with Gasteiger partial charge in [0.05, 0.1) is 19.5 Å². The van der Waals surface area contributed by atoms with Crippen molar-refractivity contribution < 1.29 is 14.3 Å². The maximum absolute atomic E-state index is 12.3. The number of hydrogen-bond acceptors (Lipinski definition) is 6. The topological polar surface area (TPSA) is 67.8 Å². The zero-order valence-corrected chi connectivity index (χ0v) is 15.2. The summed E-state index contributed by atoms with van der Waals surface area (Å²) in [7, 11) is 3.32. The summed E-state index contributed by atoms with van der Waals surface area (Å²) in [4.78, 5) is 25.4. The average molecular weight is 348 g/mol. The van der Waals surface area contributed by atoms with E-state index in [1.54, 1.807) is 26.6 Å². The summed E-state index contributed by atoms with van der Waals surface area (Å²) in [5.74, 6) is 1.70. The van der Waals surface area contributed by atoms with Gasteiger partial charge in [0.1, 0.15) is 0 Å². The monoisotopic (exact) mass is 348 g/mol. The van der Waals surface area contributed by atoms with Crippen molar-refractivity contribution in [3.05, 3.63) is 12.4 Å². The van der Waals surface area contributed by atoms with Crippen LogP contribution >= 0.6 is 0 Å². The van der Waals surface area contributed by atoms with Gasteiger partial charge in [-0.15, -0.1) is 0 Å². The SMILES string of the molecule is COCCCN1C[C@@]2(CCCN(c3ncc(OC)cn3)C2)CCC1=O. The molecule has 0 bridgehead atoms. The van der Waals surface area contributed by atoms with Crippen LogP contribution in [-0.2, 0) is 9.53 Å². The molecule has 2 saturated heterocycles. The van der Waals surface area contributed by atoms with Crippen LogP contribution in [0.2, 0.25) is 0 Å². The van der Waals surface area contributed by atoms with Crippen LogP contribution in [0.1, 0.15) is 32.1 Å². The lowest BCUT2D eigenvalue weighted by Crippen LogP contribution is -2.54. The number of anilines is 1. The highest BCUT2D eigenvalue weighted by Gasteiger charge is 2.42. The standard InChI is InChI=1S/C18H28N4O3/c1-24-10-4-9-21-13-18(7-5-16(21)23)6-3-8-22(14-18)17-19-11-15(25-2)12-20-17/h11-12H,3-10,13-14H2,1-2H3/t18-/m1/s1. The fourth-order valence-electron chi connectivity index (χ4n) is 4.00. The van der Waals surface area contributed by atoms with E-state index in [0.717, 1.165) is 57.8 Å². The summed E-state index contributed by atoms with van der Waals surface area (Å²) in [6, 6.07) is 0. The van der Waals surface area contributed by atoms with Crippen LogP contribution < -0.4 is 9.64 Å². The fraction of sp³-hybridized carbons (Fsp3) is 0.722. The van der Waals surface area contributed by atoms with E-state index in [1.165, 1.54) is 0 Å². The minimum absolute atomic E-state index is 0.155. The van der Waals surface area contributed by atoms with E-state index in [2.05, 4.69) is 14.9 Å². The Hall–Kier alpha value is -1.89. The highest BCUT2D eigenvalue weighted by Crippen LogP contribution is 2.39. The molecule has 2 fully saturated rings. The fourth-order valence-corrected chi connectivity index (χ4v) is 4.00.